The normalized spacial score (nSPS) is 19.2. The van der Waals surface area contributed by atoms with Crippen LogP contribution in [0.1, 0.15) is 42.2 Å². The third kappa shape index (κ3) is 6.74. The van der Waals surface area contributed by atoms with Gasteiger partial charge in [0.25, 0.3) is 0 Å². The number of aromatic nitrogens is 1. The van der Waals surface area contributed by atoms with Gasteiger partial charge in [-0.25, -0.2) is 0 Å². The number of aliphatic carboxylic acids is 1. The molecule has 0 amide bonds. The zero-order chi connectivity index (χ0) is 24.8. The number of benzene rings is 1. The van der Waals surface area contributed by atoms with Crippen LogP contribution in [0.3, 0.4) is 0 Å². The molecule has 1 aromatic carbocycles. The number of carbonyl (C=O) groups is 1. The van der Waals surface area contributed by atoms with Crippen LogP contribution in [0.15, 0.2) is 42.6 Å². The summed E-state index contributed by atoms with van der Waals surface area (Å²) >= 11 is 7.42. The van der Waals surface area contributed by atoms with Gasteiger partial charge in [-0.3, -0.25) is 14.7 Å². The zero-order valence-corrected chi connectivity index (χ0v) is 21.2. The number of halogens is 1. The van der Waals surface area contributed by atoms with E-state index in [1.807, 2.05) is 36.4 Å². The molecule has 0 aliphatic carbocycles. The molecular formula is C27H29ClN2O4S. The van der Waals surface area contributed by atoms with Crippen LogP contribution in [0.25, 0.3) is 10.9 Å². The molecule has 0 saturated carbocycles. The van der Waals surface area contributed by atoms with Crippen molar-refractivity contribution in [3.63, 3.8) is 0 Å². The molecule has 0 bridgehead atoms. The van der Waals surface area contributed by atoms with E-state index in [0.29, 0.717) is 19.5 Å². The van der Waals surface area contributed by atoms with E-state index in [4.69, 9.17) is 16.3 Å². The Bertz CT molecular complexity index is 1230. The Morgan fingerprint density at radius 3 is 2.91 bits per heavy atom. The number of hydrogen-bond donors (Lipinski definition) is 2. The monoisotopic (exact) mass is 512 g/mol. The lowest BCUT2D eigenvalue weighted by Gasteiger charge is -2.37. The summed E-state index contributed by atoms with van der Waals surface area (Å²) in [6, 6.07) is 11.2. The van der Waals surface area contributed by atoms with Gasteiger partial charge in [0, 0.05) is 24.5 Å². The first-order valence-corrected chi connectivity index (χ1v) is 12.9. The predicted molar refractivity (Wildman–Crippen MR) is 139 cm³/mol. The summed E-state index contributed by atoms with van der Waals surface area (Å²) in [5.41, 5.74) is 1.63. The number of likely N-dealkylation sites (tertiary alicyclic amines) is 1. The minimum Gasteiger partial charge on any atom is -0.497 e. The van der Waals surface area contributed by atoms with Crippen molar-refractivity contribution in [3.05, 3.63) is 57.4 Å². The number of nitrogens with zero attached hydrogens (tertiary/aromatic N) is 2. The van der Waals surface area contributed by atoms with Crippen molar-refractivity contribution in [2.75, 3.05) is 26.7 Å². The van der Waals surface area contributed by atoms with Crippen molar-refractivity contribution in [2.45, 2.75) is 31.8 Å². The molecule has 3 heterocycles. The largest absolute Gasteiger partial charge is 0.497 e. The maximum absolute atomic E-state index is 11.6. The van der Waals surface area contributed by atoms with Gasteiger partial charge in [-0.1, -0.05) is 23.4 Å². The van der Waals surface area contributed by atoms with E-state index in [9.17, 15) is 15.0 Å². The van der Waals surface area contributed by atoms with E-state index in [0.717, 1.165) is 50.8 Å². The fourth-order valence-electron chi connectivity index (χ4n) is 4.85. The molecular weight excluding hydrogens is 484 g/mol. The standard InChI is InChI=1S/C27H29ClN2O4S/c1-34-20-5-7-24-23(16-20)22(10-12-29-24)25(31)8-4-18-11-14-30(17-19(18)15-27(32)33)13-2-3-21-6-9-26(28)35-21/h5-7,9-10,12,16,18-19,25,31H,4,8,11,13-15,17H2,1H3,(H,32,33)/t18-,19+,25-/m1/s1. The van der Waals surface area contributed by atoms with E-state index in [2.05, 4.69) is 21.7 Å². The SMILES string of the molecule is COc1ccc2nccc([C@H](O)CC[C@@H]3CCN(CC#Cc4ccc(Cl)s4)C[C@@H]3CC(=O)O)c2c1. The third-order valence-corrected chi connectivity index (χ3v) is 7.80. The van der Waals surface area contributed by atoms with Crippen LogP contribution < -0.4 is 4.74 Å². The highest BCUT2D eigenvalue weighted by Crippen LogP contribution is 2.34. The molecule has 4 rings (SSSR count). The first-order chi connectivity index (χ1) is 16.9. The Kier molecular flexibility index (Phi) is 8.64. The molecule has 0 spiro atoms. The van der Waals surface area contributed by atoms with E-state index in [1.54, 1.807) is 13.3 Å². The average molecular weight is 513 g/mol. The molecule has 3 atom stereocenters. The number of piperidine rings is 1. The van der Waals surface area contributed by atoms with Crippen LogP contribution in [0, 0.1) is 23.7 Å². The summed E-state index contributed by atoms with van der Waals surface area (Å²) in [5.74, 6) is 6.54. The van der Waals surface area contributed by atoms with Crippen molar-refractivity contribution in [1.82, 2.24) is 9.88 Å². The number of carboxylic acid groups (broad SMARTS) is 1. The number of methoxy groups -OCH3 is 1. The third-order valence-electron chi connectivity index (χ3n) is 6.65. The number of rotatable bonds is 8. The Hall–Kier alpha value is -2.63. The van der Waals surface area contributed by atoms with Gasteiger partial charge >= 0.3 is 5.97 Å². The lowest BCUT2D eigenvalue weighted by atomic mass is 9.79. The molecule has 35 heavy (non-hydrogen) atoms. The summed E-state index contributed by atoms with van der Waals surface area (Å²) in [5, 5.41) is 21.4. The van der Waals surface area contributed by atoms with Gasteiger partial charge in [0.05, 0.1) is 34.5 Å². The molecule has 1 fully saturated rings. The van der Waals surface area contributed by atoms with Gasteiger partial charge in [-0.2, -0.15) is 0 Å². The number of ether oxygens (including phenoxy) is 1. The van der Waals surface area contributed by atoms with E-state index >= 15 is 0 Å². The summed E-state index contributed by atoms with van der Waals surface area (Å²) in [4.78, 5) is 19.1. The van der Waals surface area contributed by atoms with Crippen LogP contribution >= 0.6 is 22.9 Å². The lowest BCUT2D eigenvalue weighted by molar-refractivity contribution is -0.139. The van der Waals surface area contributed by atoms with Crippen LogP contribution in [0.5, 0.6) is 5.75 Å². The Labute approximate surface area is 214 Å². The smallest absolute Gasteiger partial charge is 0.303 e. The number of carboxylic acids is 1. The highest BCUT2D eigenvalue weighted by atomic mass is 35.5. The van der Waals surface area contributed by atoms with Crippen LogP contribution in [-0.2, 0) is 4.79 Å². The molecule has 184 valence electrons. The molecule has 1 aliphatic heterocycles. The second-order valence-corrected chi connectivity index (χ2v) is 10.6. The van der Waals surface area contributed by atoms with E-state index < -0.39 is 12.1 Å². The second kappa shape index (κ2) is 11.9. The molecule has 0 unspecified atom stereocenters. The van der Waals surface area contributed by atoms with Gasteiger partial charge in [0.1, 0.15) is 5.75 Å². The zero-order valence-electron chi connectivity index (χ0n) is 19.6. The Morgan fingerprint density at radius 1 is 1.31 bits per heavy atom. The maximum atomic E-state index is 11.6. The first kappa shape index (κ1) is 25.5. The minimum atomic E-state index is -0.783. The molecule has 0 radical (unpaired) electrons. The van der Waals surface area contributed by atoms with Crippen molar-refractivity contribution < 1.29 is 19.7 Å². The molecule has 6 nitrogen and oxygen atoms in total. The van der Waals surface area contributed by atoms with Gasteiger partial charge in [-0.15, -0.1) is 11.3 Å². The van der Waals surface area contributed by atoms with Gasteiger partial charge in [0.2, 0.25) is 0 Å². The molecule has 2 aromatic heterocycles. The number of aliphatic hydroxyl groups is 1. The molecule has 2 N–H and O–H groups in total. The number of aliphatic hydroxyl groups excluding tert-OH is 1. The van der Waals surface area contributed by atoms with Crippen molar-refractivity contribution >= 4 is 39.8 Å². The fraction of sp³-hybridized carbons (Fsp3) is 0.407. The average Bonchev–Trinajstić information content (AvgIpc) is 3.27. The number of fused-ring (bicyclic) bond motifs is 1. The first-order valence-electron chi connectivity index (χ1n) is 11.7. The van der Waals surface area contributed by atoms with E-state index in [1.165, 1.54) is 11.3 Å². The number of hydrogen-bond acceptors (Lipinski definition) is 6. The summed E-state index contributed by atoms with van der Waals surface area (Å²) in [7, 11) is 1.62. The van der Waals surface area contributed by atoms with Crippen LogP contribution in [0.4, 0.5) is 0 Å². The van der Waals surface area contributed by atoms with Crippen molar-refractivity contribution in [3.8, 4) is 17.6 Å². The highest BCUT2D eigenvalue weighted by Gasteiger charge is 2.31. The van der Waals surface area contributed by atoms with Gasteiger partial charge in [-0.05, 0) is 79.6 Å². The summed E-state index contributed by atoms with van der Waals surface area (Å²) in [6.07, 6.45) is 3.41. The number of pyridine rings is 1. The number of thiophene rings is 1. The molecule has 3 aromatic rings. The Morgan fingerprint density at radius 2 is 2.17 bits per heavy atom. The predicted octanol–water partition coefficient (Wildman–Crippen LogP) is 5.24. The molecule has 8 heteroatoms. The topological polar surface area (TPSA) is 82.9 Å². The Balaban J connectivity index is 1.39. The summed E-state index contributed by atoms with van der Waals surface area (Å²) in [6.45, 7) is 2.17. The van der Waals surface area contributed by atoms with Crippen LogP contribution in [-0.4, -0.2) is 52.8 Å². The lowest BCUT2D eigenvalue weighted by Crippen LogP contribution is -2.41. The molecule has 1 aliphatic rings. The van der Waals surface area contributed by atoms with Crippen molar-refractivity contribution in [2.24, 2.45) is 11.8 Å². The fourth-order valence-corrected chi connectivity index (χ4v) is 5.76. The van der Waals surface area contributed by atoms with E-state index in [-0.39, 0.29) is 18.3 Å². The highest BCUT2D eigenvalue weighted by molar-refractivity contribution is 7.16. The van der Waals surface area contributed by atoms with Gasteiger partial charge in [0.15, 0.2) is 0 Å². The quantitative estimate of drug-likeness (QED) is 0.402. The summed E-state index contributed by atoms with van der Waals surface area (Å²) < 4.78 is 6.06. The molecule has 1 saturated heterocycles. The maximum Gasteiger partial charge on any atom is 0.303 e. The van der Waals surface area contributed by atoms with Crippen molar-refractivity contribution in [1.29, 1.82) is 0 Å². The second-order valence-electron chi connectivity index (χ2n) is 8.92. The van der Waals surface area contributed by atoms with Gasteiger partial charge < -0.3 is 14.9 Å². The van der Waals surface area contributed by atoms with Crippen LogP contribution in [0.2, 0.25) is 4.34 Å². The minimum absolute atomic E-state index is 0.0284.